The summed E-state index contributed by atoms with van der Waals surface area (Å²) in [6.07, 6.45) is 1.36. The van der Waals surface area contributed by atoms with E-state index in [0.29, 0.717) is 24.7 Å². The van der Waals surface area contributed by atoms with E-state index < -0.39 is 0 Å². The van der Waals surface area contributed by atoms with Gasteiger partial charge in [-0.1, -0.05) is 31.2 Å². The molecular weight excluding hydrogens is 334 g/mol. The zero-order valence-corrected chi connectivity index (χ0v) is 14.7. The first-order valence-corrected chi connectivity index (χ1v) is 9.25. The highest BCUT2D eigenvalue weighted by molar-refractivity contribution is 7.13. The minimum Gasteiger partial charge on any atom is -0.383 e. The van der Waals surface area contributed by atoms with Crippen LogP contribution in [0.25, 0.3) is 10.7 Å². The molecule has 1 aromatic carbocycles. The number of hydrogen-bond donors (Lipinski definition) is 2. The van der Waals surface area contributed by atoms with E-state index in [1.807, 2.05) is 29.6 Å². The van der Waals surface area contributed by atoms with Gasteiger partial charge in [-0.3, -0.25) is 4.79 Å². The molecule has 4 rings (SSSR count). The van der Waals surface area contributed by atoms with Gasteiger partial charge in [-0.05, 0) is 29.5 Å². The Balaban J connectivity index is 1.49. The maximum atomic E-state index is 12.4. The van der Waals surface area contributed by atoms with E-state index in [1.54, 1.807) is 11.3 Å². The maximum Gasteiger partial charge on any atom is 0.252 e. The fraction of sp³-hybridized carbons (Fsp3) is 0.278. The number of para-hydroxylation sites is 1. The van der Waals surface area contributed by atoms with Crippen molar-refractivity contribution in [2.75, 3.05) is 17.2 Å². The van der Waals surface area contributed by atoms with Gasteiger partial charge in [-0.2, -0.15) is 9.67 Å². The smallest absolute Gasteiger partial charge is 0.252 e. The number of aromatic nitrogens is 3. The lowest BCUT2D eigenvalue weighted by molar-refractivity contribution is 0.0874. The minimum absolute atomic E-state index is 0.00898. The Hall–Kier alpha value is -2.67. The highest BCUT2D eigenvalue weighted by Gasteiger charge is 2.27. The summed E-state index contributed by atoms with van der Waals surface area (Å²) in [4.78, 5) is 17.9. The highest BCUT2D eigenvalue weighted by Crippen LogP contribution is 2.25. The normalized spacial score (nSPS) is 16.4. The first-order valence-electron chi connectivity index (χ1n) is 8.37. The van der Waals surface area contributed by atoms with Crippen molar-refractivity contribution in [3.8, 4) is 10.7 Å². The molecule has 0 aliphatic carbocycles. The third-order valence-corrected chi connectivity index (χ3v) is 5.14. The van der Waals surface area contributed by atoms with Gasteiger partial charge in [-0.15, -0.1) is 16.4 Å². The Bertz CT molecular complexity index is 887. The van der Waals surface area contributed by atoms with Crippen LogP contribution >= 0.6 is 11.3 Å². The Kier molecular flexibility index (Phi) is 4.23. The van der Waals surface area contributed by atoms with Gasteiger partial charge in [0.05, 0.1) is 17.3 Å². The summed E-state index contributed by atoms with van der Waals surface area (Å²) < 4.78 is 1.38. The number of thiophene rings is 1. The molecule has 0 spiro atoms. The molecule has 0 amide bonds. The minimum atomic E-state index is -0.0281. The number of nitrogens with one attached hydrogen (secondary N) is 2. The van der Waals surface area contributed by atoms with Gasteiger partial charge in [0, 0.05) is 12.2 Å². The fourth-order valence-corrected chi connectivity index (χ4v) is 3.63. The number of aryl methyl sites for hydroxylation is 1. The molecule has 3 aromatic rings. The molecule has 0 bridgehead atoms. The molecule has 1 aliphatic rings. The van der Waals surface area contributed by atoms with Crippen molar-refractivity contribution in [3.05, 3.63) is 47.3 Å². The number of benzene rings is 1. The van der Waals surface area contributed by atoms with Crippen molar-refractivity contribution in [1.29, 1.82) is 0 Å². The summed E-state index contributed by atoms with van der Waals surface area (Å²) >= 11 is 1.56. The molecule has 3 heterocycles. The number of nitrogens with zero attached hydrogens (tertiary/aromatic N) is 3. The van der Waals surface area contributed by atoms with Gasteiger partial charge >= 0.3 is 0 Å². The standard InChI is InChI=1S/C18H19N5OS/c1-2-12-6-3-4-7-14(12)19-11-13-10-16(24)23-18(20-13)21-17(22-23)15-8-5-9-25-15/h3-9,13,19H,2,10-11H2,1H3,(H,20,21,22). The maximum absolute atomic E-state index is 12.4. The summed E-state index contributed by atoms with van der Waals surface area (Å²) in [5, 5.41) is 13.1. The van der Waals surface area contributed by atoms with Crippen LogP contribution in [0.1, 0.15) is 23.7 Å². The van der Waals surface area contributed by atoms with Crippen LogP contribution < -0.4 is 10.6 Å². The van der Waals surface area contributed by atoms with Crippen molar-refractivity contribution in [2.24, 2.45) is 0 Å². The predicted octanol–water partition coefficient (Wildman–Crippen LogP) is 3.51. The second kappa shape index (κ2) is 6.68. The molecule has 0 radical (unpaired) electrons. The molecule has 1 unspecified atom stereocenters. The first kappa shape index (κ1) is 15.8. The predicted molar refractivity (Wildman–Crippen MR) is 100 cm³/mol. The molecule has 7 heteroatoms. The molecule has 25 heavy (non-hydrogen) atoms. The van der Waals surface area contributed by atoms with Crippen molar-refractivity contribution in [1.82, 2.24) is 14.8 Å². The third kappa shape index (κ3) is 3.15. The van der Waals surface area contributed by atoms with E-state index in [1.165, 1.54) is 10.2 Å². The zero-order chi connectivity index (χ0) is 17.2. The van der Waals surface area contributed by atoms with Crippen LogP contribution in [-0.4, -0.2) is 33.3 Å². The number of fused-ring (bicyclic) bond motifs is 1. The van der Waals surface area contributed by atoms with E-state index in [0.717, 1.165) is 17.0 Å². The average molecular weight is 353 g/mol. The Morgan fingerprint density at radius 1 is 1.32 bits per heavy atom. The lowest BCUT2D eigenvalue weighted by atomic mass is 10.1. The van der Waals surface area contributed by atoms with Gasteiger partial charge in [0.15, 0.2) is 5.82 Å². The molecular formula is C18H19N5OS. The average Bonchev–Trinajstić information content (AvgIpc) is 3.29. The lowest BCUT2D eigenvalue weighted by Crippen LogP contribution is -2.38. The number of anilines is 2. The van der Waals surface area contributed by atoms with Gasteiger partial charge in [0.1, 0.15) is 0 Å². The molecule has 1 aliphatic heterocycles. The molecule has 0 fully saturated rings. The van der Waals surface area contributed by atoms with Crippen LogP contribution in [0.3, 0.4) is 0 Å². The van der Waals surface area contributed by atoms with E-state index in [-0.39, 0.29) is 11.9 Å². The second-order valence-electron chi connectivity index (χ2n) is 5.98. The number of rotatable bonds is 5. The Morgan fingerprint density at radius 3 is 3.00 bits per heavy atom. The second-order valence-corrected chi connectivity index (χ2v) is 6.93. The highest BCUT2D eigenvalue weighted by atomic mass is 32.1. The van der Waals surface area contributed by atoms with Gasteiger partial charge in [0.25, 0.3) is 5.91 Å². The summed E-state index contributed by atoms with van der Waals surface area (Å²) in [5.74, 6) is 1.09. The van der Waals surface area contributed by atoms with Gasteiger partial charge in [-0.25, -0.2) is 0 Å². The van der Waals surface area contributed by atoms with Crippen LogP contribution in [0.15, 0.2) is 41.8 Å². The Labute approximate surface area is 149 Å². The fourth-order valence-electron chi connectivity index (χ4n) is 2.98. The monoisotopic (exact) mass is 353 g/mol. The van der Waals surface area contributed by atoms with Crippen molar-refractivity contribution < 1.29 is 4.79 Å². The molecule has 1 atom stereocenters. The van der Waals surface area contributed by atoms with E-state index in [9.17, 15) is 4.79 Å². The largest absolute Gasteiger partial charge is 0.383 e. The van der Waals surface area contributed by atoms with Crippen molar-refractivity contribution in [2.45, 2.75) is 25.8 Å². The number of carbonyl (C=O) groups excluding carboxylic acids is 1. The van der Waals surface area contributed by atoms with Crippen LogP contribution in [-0.2, 0) is 6.42 Å². The molecule has 0 saturated carbocycles. The summed E-state index contributed by atoms with van der Waals surface area (Å²) in [6.45, 7) is 2.79. The van der Waals surface area contributed by atoms with Gasteiger partial charge < -0.3 is 10.6 Å². The third-order valence-electron chi connectivity index (χ3n) is 4.28. The topological polar surface area (TPSA) is 71.8 Å². The van der Waals surface area contributed by atoms with Crippen molar-refractivity contribution in [3.63, 3.8) is 0 Å². The Morgan fingerprint density at radius 2 is 2.20 bits per heavy atom. The van der Waals surface area contributed by atoms with Gasteiger partial charge in [0.2, 0.25) is 5.95 Å². The lowest BCUT2D eigenvalue weighted by Gasteiger charge is -2.24. The summed E-state index contributed by atoms with van der Waals surface area (Å²) in [7, 11) is 0. The molecule has 2 aromatic heterocycles. The number of carbonyl (C=O) groups is 1. The summed E-state index contributed by atoms with van der Waals surface area (Å²) in [6, 6.07) is 12.1. The molecule has 128 valence electrons. The molecule has 2 N–H and O–H groups in total. The van der Waals surface area contributed by atoms with Crippen LogP contribution in [0.4, 0.5) is 11.6 Å². The van der Waals surface area contributed by atoms with E-state index >= 15 is 0 Å². The number of hydrogen-bond acceptors (Lipinski definition) is 6. The molecule has 6 nitrogen and oxygen atoms in total. The SMILES string of the molecule is CCc1ccccc1NCC1CC(=O)n2nc(-c3cccs3)nc2N1. The van der Waals surface area contributed by atoms with E-state index in [4.69, 9.17) is 0 Å². The molecule has 0 saturated heterocycles. The first-order chi connectivity index (χ1) is 12.2. The zero-order valence-electron chi connectivity index (χ0n) is 13.9. The van der Waals surface area contributed by atoms with Crippen LogP contribution in [0, 0.1) is 0 Å². The van der Waals surface area contributed by atoms with E-state index in [2.05, 4.69) is 39.8 Å². The van der Waals surface area contributed by atoms with Crippen molar-refractivity contribution >= 4 is 28.9 Å². The van der Waals surface area contributed by atoms with Crippen LogP contribution in [0.2, 0.25) is 0 Å². The quantitative estimate of drug-likeness (QED) is 0.734. The summed E-state index contributed by atoms with van der Waals surface area (Å²) in [5.41, 5.74) is 2.39. The van der Waals surface area contributed by atoms with Crippen LogP contribution in [0.5, 0.6) is 0 Å².